The smallest absolute Gasteiger partial charge is 0.405 e. The first kappa shape index (κ1) is 14.7. The molecule has 0 radical (unpaired) electrons. The summed E-state index contributed by atoms with van der Waals surface area (Å²) in [4.78, 5) is 0. The maximum atomic E-state index is 12.3. The summed E-state index contributed by atoms with van der Waals surface area (Å²) in [6, 6.07) is 5.19. The molecular formula is C11H15F3N2O2. The third kappa shape index (κ3) is 3.86. The van der Waals surface area contributed by atoms with E-state index in [1.807, 2.05) is 0 Å². The molecule has 18 heavy (non-hydrogen) atoms. The molecule has 2 unspecified atom stereocenters. The monoisotopic (exact) mass is 264 g/mol. The van der Waals surface area contributed by atoms with Crippen LogP contribution in [-0.4, -0.2) is 19.6 Å². The van der Waals surface area contributed by atoms with Gasteiger partial charge in [-0.1, -0.05) is 18.2 Å². The van der Waals surface area contributed by atoms with Gasteiger partial charge in [0.2, 0.25) is 0 Å². The lowest BCUT2D eigenvalue weighted by molar-refractivity contribution is -0.275. The Morgan fingerprint density at radius 3 is 2.39 bits per heavy atom. The van der Waals surface area contributed by atoms with Crippen LogP contribution in [0, 0.1) is 0 Å². The fourth-order valence-electron chi connectivity index (χ4n) is 1.57. The zero-order chi connectivity index (χ0) is 13.8. The molecule has 7 heteroatoms. The van der Waals surface area contributed by atoms with Gasteiger partial charge in [-0.15, -0.1) is 13.2 Å². The summed E-state index contributed by atoms with van der Waals surface area (Å²) in [7, 11) is 1.45. The molecule has 0 saturated heterocycles. The fourth-order valence-corrected chi connectivity index (χ4v) is 1.57. The number of methoxy groups -OCH3 is 1. The molecule has 0 aromatic heterocycles. The van der Waals surface area contributed by atoms with Gasteiger partial charge in [-0.25, -0.2) is 0 Å². The number of halogens is 3. The summed E-state index contributed by atoms with van der Waals surface area (Å²) in [6.07, 6.45) is -5.15. The predicted octanol–water partition coefficient (Wildman–Crippen LogP) is 2.12. The maximum Gasteiger partial charge on any atom is 0.573 e. The number of benzene rings is 1. The van der Waals surface area contributed by atoms with Crippen molar-refractivity contribution in [1.29, 1.82) is 0 Å². The number of hydrazine groups is 1. The molecule has 0 aliphatic rings. The Kier molecular flexibility index (Phi) is 4.94. The van der Waals surface area contributed by atoms with Crippen LogP contribution in [0.4, 0.5) is 13.2 Å². The Hall–Kier alpha value is -1.31. The highest BCUT2D eigenvalue weighted by molar-refractivity contribution is 5.36. The number of alkyl halides is 3. The highest BCUT2D eigenvalue weighted by Gasteiger charge is 2.33. The Morgan fingerprint density at radius 2 is 1.89 bits per heavy atom. The van der Waals surface area contributed by atoms with Gasteiger partial charge in [-0.3, -0.25) is 11.3 Å². The van der Waals surface area contributed by atoms with E-state index in [2.05, 4.69) is 10.2 Å². The largest absolute Gasteiger partial charge is 0.573 e. The van der Waals surface area contributed by atoms with Crippen LogP contribution in [0.3, 0.4) is 0 Å². The minimum Gasteiger partial charge on any atom is -0.405 e. The minimum atomic E-state index is -4.74. The van der Waals surface area contributed by atoms with E-state index in [0.29, 0.717) is 0 Å². The van der Waals surface area contributed by atoms with Gasteiger partial charge in [0, 0.05) is 12.7 Å². The van der Waals surface area contributed by atoms with Crippen LogP contribution in [0.2, 0.25) is 0 Å². The van der Waals surface area contributed by atoms with Gasteiger partial charge >= 0.3 is 6.36 Å². The molecule has 0 spiro atoms. The van der Waals surface area contributed by atoms with Crippen LogP contribution in [0.1, 0.15) is 18.5 Å². The van der Waals surface area contributed by atoms with Gasteiger partial charge in [0.15, 0.2) is 0 Å². The molecule has 1 rings (SSSR count). The number of hydrogen-bond donors (Lipinski definition) is 2. The molecule has 0 aliphatic heterocycles. The number of nitrogens with two attached hydrogens (primary N) is 1. The van der Waals surface area contributed by atoms with Crippen molar-refractivity contribution in [3.8, 4) is 5.75 Å². The summed E-state index contributed by atoms with van der Waals surface area (Å²) in [6.45, 7) is 1.69. The third-order valence-electron chi connectivity index (χ3n) is 2.50. The molecule has 0 heterocycles. The first-order valence-corrected chi connectivity index (χ1v) is 5.22. The SMILES string of the molecule is COC(C)C(NN)c1ccccc1OC(F)(F)F. The average Bonchev–Trinajstić information content (AvgIpc) is 2.30. The number of para-hydroxylation sites is 1. The quantitative estimate of drug-likeness (QED) is 0.632. The van der Waals surface area contributed by atoms with Crippen molar-refractivity contribution in [2.24, 2.45) is 5.84 Å². The zero-order valence-corrected chi connectivity index (χ0v) is 9.99. The van der Waals surface area contributed by atoms with Gasteiger partial charge in [-0.2, -0.15) is 0 Å². The van der Waals surface area contributed by atoms with E-state index in [1.165, 1.54) is 25.3 Å². The lowest BCUT2D eigenvalue weighted by Crippen LogP contribution is -2.36. The Bertz CT molecular complexity index is 385. The number of nitrogens with one attached hydrogen (secondary N) is 1. The first-order valence-electron chi connectivity index (χ1n) is 5.22. The van der Waals surface area contributed by atoms with E-state index >= 15 is 0 Å². The van der Waals surface area contributed by atoms with Gasteiger partial charge in [0.05, 0.1) is 12.1 Å². The van der Waals surface area contributed by atoms with E-state index in [-0.39, 0.29) is 11.3 Å². The van der Waals surface area contributed by atoms with Gasteiger partial charge in [0.1, 0.15) is 5.75 Å². The van der Waals surface area contributed by atoms with Crippen molar-refractivity contribution in [3.05, 3.63) is 29.8 Å². The fraction of sp³-hybridized carbons (Fsp3) is 0.455. The highest BCUT2D eigenvalue weighted by Crippen LogP contribution is 2.31. The van der Waals surface area contributed by atoms with Gasteiger partial charge < -0.3 is 9.47 Å². The second-order valence-electron chi connectivity index (χ2n) is 3.67. The molecule has 1 aromatic carbocycles. The summed E-state index contributed by atoms with van der Waals surface area (Å²) in [5, 5.41) is 0. The van der Waals surface area contributed by atoms with Crippen LogP contribution in [0.25, 0.3) is 0 Å². The van der Waals surface area contributed by atoms with Crippen molar-refractivity contribution in [3.63, 3.8) is 0 Å². The number of hydrogen-bond acceptors (Lipinski definition) is 4. The summed E-state index contributed by atoms with van der Waals surface area (Å²) in [5.41, 5.74) is 2.71. The third-order valence-corrected chi connectivity index (χ3v) is 2.50. The van der Waals surface area contributed by atoms with E-state index in [4.69, 9.17) is 10.6 Å². The van der Waals surface area contributed by atoms with Crippen LogP contribution >= 0.6 is 0 Å². The lowest BCUT2D eigenvalue weighted by Gasteiger charge is -2.24. The summed E-state index contributed by atoms with van der Waals surface area (Å²) < 4.78 is 45.8. The molecule has 0 fully saturated rings. The van der Waals surface area contributed by atoms with Crippen molar-refractivity contribution >= 4 is 0 Å². The molecule has 2 atom stereocenters. The van der Waals surface area contributed by atoms with E-state index in [1.54, 1.807) is 13.0 Å². The normalized spacial score (nSPS) is 15.2. The van der Waals surface area contributed by atoms with Crippen molar-refractivity contribution in [2.45, 2.75) is 25.4 Å². The molecule has 0 bridgehead atoms. The average molecular weight is 264 g/mol. The molecular weight excluding hydrogens is 249 g/mol. The van der Waals surface area contributed by atoms with Gasteiger partial charge in [-0.05, 0) is 13.0 Å². The molecule has 4 nitrogen and oxygen atoms in total. The van der Waals surface area contributed by atoms with Crippen molar-refractivity contribution in [1.82, 2.24) is 5.43 Å². The molecule has 3 N–H and O–H groups in total. The standard InChI is InChI=1S/C11H15F3N2O2/c1-7(17-2)10(16-15)8-5-3-4-6-9(8)18-11(12,13)14/h3-7,10,16H,15H2,1-2H3. The highest BCUT2D eigenvalue weighted by atomic mass is 19.4. The Labute approximate surface area is 103 Å². The maximum absolute atomic E-state index is 12.3. The Morgan fingerprint density at radius 1 is 1.28 bits per heavy atom. The second-order valence-corrected chi connectivity index (χ2v) is 3.67. The first-order chi connectivity index (χ1) is 8.39. The molecule has 102 valence electrons. The molecule has 0 saturated carbocycles. The number of rotatable bonds is 5. The lowest BCUT2D eigenvalue weighted by atomic mass is 10.0. The molecule has 0 aliphatic carbocycles. The van der Waals surface area contributed by atoms with E-state index in [0.717, 1.165) is 0 Å². The molecule has 1 aromatic rings. The van der Waals surface area contributed by atoms with Crippen LogP contribution in [-0.2, 0) is 4.74 Å². The zero-order valence-electron chi connectivity index (χ0n) is 9.99. The Balaban J connectivity index is 3.07. The minimum absolute atomic E-state index is 0.284. The van der Waals surface area contributed by atoms with Crippen LogP contribution in [0.15, 0.2) is 24.3 Å². The van der Waals surface area contributed by atoms with Crippen LogP contribution in [0.5, 0.6) is 5.75 Å². The van der Waals surface area contributed by atoms with E-state index < -0.39 is 18.5 Å². The van der Waals surface area contributed by atoms with Crippen molar-refractivity contribution in [2.75, 3.05) is 7.11 Å². The predicted molar refractivity (Wildman–Crippen MR) is 59.7 cm³/mol. The van der Waals surface area contributed by atoms with Crippen LogP contribution < -0.4 is 16.0 Å². The summed E-state index contributed by atoms with van der Waals surface area (Å²) >= 11 is 0. The van der Waals surface area contributed by atoms with Gasteiger partial charge in [0.25, 0.3) is 0 Å². The van der Waals surface area contributed by atoms with E-state index in [9.17, 15) is 13.2 Å². The number of ether oxygens (including phenoxy) is 2. The van der Waals surface area contributed by atoms with Crippen molar-refractivity contribution < 1.29 is 22.6 Å². The second kappa shape index (κ2) is 6.03. The summed E-state index contributed by atoms with van der Waals surface area (Å²) in [5.74, 6) is 5.05. The topological polar surface area (TPSA) is 56.5 Å². The molecule has 0 amide bonds.